The van der Waals surface area contributed by atoms with E-state index in [1.807, 2.05) is 42.5 Å². The fraction of sp³-hybridized carbons (Fsp3) is 0. The monoisotopic (exact) mass is 280 g/mol. The van der Waals surface area contributed by atoms with Gasteiger partial charge in [-0.2, -0.15) is 0 Å². The van der Waals surface area contributed by atoms with Gasteiger partial charge in [-0.05, 0) is 23.6 Å². The van der Waals surface area contributed by atoms with E-state index in [9.17, 15) is 4.79 Å². The van der Waals surface area contributed by atoms with Gasteiger partial charge in [0.15, 0.2) is 10.9 Å². The number of nitrogens with one attached hydrogen (secondary N) is 1. The normalized spacial score (nSPS) is 11.2. The standard InChI is InChI=1S/C16H12N2OS/c19-15(12-6-2-1-3-7-12)10-11-20-16-17-13-8-4-5-9-14(13)18-16/h1-11H,(H,17,18). The largest absolute Gasteiger partial charge is 0.333 e. The number of nitrogens with zero attached hydrogens (tertiary/aromatic N) is 1. The highest BCUT2D eigenvalue weighted by Gasteiger charge is 2.02. The Bertz CT molecular complexity index is 729. The van der Waals surface area contributed by atoms with E-state index in [1.54, 1.807) is 23.6 Å². The second-order valence-corrected chi connectivity index (χ2v) is 5.10. The van der Waals surface area contributed by atoms with Crippen LogP contribution in [0.15, 0.2) is 71.2 Å². The van der Waals surface area contributed by atoms with Crippen molar-refractivity contribution < 1.29 is 4.79 Å². The van der Waals surface area contributed by atoms with Crippen LogP contribution < -0.4 is 0 Å². The Kier molecular flexibility index (Phi) is 3.65. The van der Waals surface area contributed by atoms with E-state index in [1.165, 1.54) is 11.8 Å². The molecule has 3 aromatic rings. The number of carbonyl (C=O) groups excluding carboxylic acids is 1. The van der Waals surface area contributed by atoms with E-state index in [0.717, 1.165) is 16.2 Å². The number of H-pyrrole nitrogens is 1. The number of aromatic amines is 1. The first kappa shape index (κ1) is 12.7. The number of thioether (sulfide) groups is 1. The van der Waals surface area contributed by atoms with Gasteiger partial charge in [0.05, 0.1) is 11.0 Å². The molecule has 1 heterocycles. The molecule has 1 N–H and O–H groups in total. The lowest BCUT2D eigenvalue weighted by molar-refractivity contribution is 0.104. The van der Waals surface area contributed by atoms with Crippen LogP contribution in [0.5, 0.6) is 0 Å². The molecular formula is C16H12N2OS. The molecule has 2 aromatic carbocycles. The topological polar surface area (TPSA) is 45.8 Å². The molecule has 0 fully saturated rings. The van der Waals surface area contributed by atoms with Crippen LogP contribution in [0.4, 0.5) is 0 Å². The van der Waals surface area contributed by atoms with Crippen molar-refractivity contribution in [3.05, 3.63) is 71.6 Å². The number of ketones is 1. The first-order valence-electron chi connectivity index (χ1n) is 6.20. The predicted molar refractivity (Wildman–Crippen MR) is 81.9 cm³/mol. The van der Waals surface area contributed by atoms with Crippen molar-refractivity contribution in [1.29, 1.82) is 0 Å². The minimum absolute atomic E-state index is 0.00536. The van der Waals surface area contributed by atoms with Crippen molar-refractivity contribution in [2.24, 2.45) is 0 Å². The van der Waals surface area contributed by atoms with Crippen molar-refractivity contribution in [3.8, 4) is 0 Å². The number of para-hydroxylation sites is 2. The highest BCUT2D eigenvalue weighted by Crippen LogP contribution is 2.20. The summed E-state index contributed by atoms with van der Waals surface area (Å²) in [5, 5.41) is 2.54. The molecule has 4 heteroatoms. The fourth-order valence-electron chi connectivity index (χ4n) is 1.84. The molecule has 0 unspecified atom stereocenters. The third kappa shape index (κ3) is 2.81. The highest BCUT2D eigenvalue weighted by molar-refractivity contribution is 8.02. The van der Waals surface area contributed by atoms with E-state index >= 15 is 0 Å². The van der Waals surface area contributed by atoms with Gasteiger partial charge in [0, 0.05) is 5.56 Å². The van der Waals surface area contributed by atoms with Gasteiger partial charge in [-0.1, -0.05) is 54.2 Å². The molecule has 0 bridgehead atoms. The number of aromatic nitrogens is 2. The lowest BCUT2D eigenvalue weighted by Gasteiger charge is -1.93. The maximum absolute atomic E-state index is 11.9. The molecule has 0 aliphatic heterocycles. The molecule has 0 amide bonds. The van der Waals surface area contributed by atoms with Crippen LogP contribution in [0.3, 0.4) is 0 Å². The molecule has 0 atom stereocenters. The smallest absolute Gasteiger partial charge is 0.186 e. The summed E-state index contributed by atoms with van der Waals surface area (Å²) in [6.07, 6.45) is 1.56. The number of benzene rings is 2. The second kappa shape index (κ2) is 5.75. The zero-order chi connectivity index (χ0) is 13.8. The van der Waals surface area contributed by atoms with Crippen molar-refractivity contribution in [3.63, 3.8) is 0 Å². The summed E-state index contributed by atoms with van der Waals surface area (Å²) in [4.78, 5) is 19.5. The van der Waals surface area contributed by atoms with Crippen LogP contribution in [0, 0.1) is 0 Å². The first-order valence-corrected chi connectivity index (χ1v) is 7.08. The second-order valence-electron chi connectivity index (χ2n) is 4.21. The van der Waals surface area contributed by atoms with E-state index in [4.69, 9.17) is 0 Å². The maximum atomic E-state index is 11.9. The quantitative estimate of drug-likeness (QED) is 0.445. The molecule has 1 aromatic heterocycles. The van der Waals surface area contributed by atoms with Crippen LogP contribution in [-0.2, 0) is 0 Å². The minimum Gasteiger partial charge on any atom is -0.333 e. The van der Waals surface area contributed by atoms with E-state index in [2.05, 4.69) is 9.97 Å². The molecule has 98 valence electrons. The zero-order valence-corrected chi connectivity index (χ0v) is 11.4. The van der Waals surface area contributed by atoms with Crippen LogP contribution >= 0.6 is 11.8 Å². The van der Waals surface area contributed by atoms with Crippen molar-refractivity contribution in [1.82, 2.24) is 9.97 Å². The van der Waals surface area contributed by atoms with E-state index < -0.39 is 0 Å². The van der Waals surface area contributed by atoms with Crippen LogP contribution in [0.25, 0.3) is 11.0 Å². The number of fused-ring (bicyclic) bond motifs is 1. The van der Waals surface area contributed by atoms with Gasteiger partial charge in [-0.15, -0.1) is 0 Å². The lowest BCUT2D eigenvalue weighted by Crippen LogP contribution is -1.92. The number of hydrogen-bond donors (Lipinski definition) is 1. The summed E-state index contributed by atoms with van der Waals surface area (Å²) in [5.74, 6) is -0.00536. The summed E-state index contributed by atoms with van der Waals surface area (Å²) in [7, 11) is 0. The predicted octanol–water partition coefficient (Wildman–Crippen LogP) is 4.05. The molecule has 0 aliphatic rings. The average Bonchev–Trinajstić information content (AvgIpc) is 2.90. The van der Waals surface area contributed by atoms with Crippen LogP contribution in [0.1, 0.15) is 10.4 Å². The molecule has 0 aliphatic carbocycles. The number of allylic oxidation sites excluding steroid dienone is 1. The van der Waals surface area contributed by atoms with E-state index in [-0.39, 0.29) is 5.78 Å². The van der Waals surface area contributed by atoms with Gasteiger partial charge in [0.25, 0.3) is 0 Å². The van der Waals surface area contributed by atoms with Gasteiger partial charge < -0.3 is 4.98 Å². The summed E-state index contributed by atoms with van der Waals surface area (Å²) >= 11 is 1.40. The molecule has 0 saturated carbocycles. The zero-order valence-electron chi connectivity index (χ0n) is 10.6. The van der Waals surface area contributed by atoms with Gasteiger partial charge in [0.1, 0.15) is 0 Å². The minimum atomic E-state index is -0.00536. The number of carbonyl (C=O) groups is 1. The number of imidazole rings is 1. The van der Waals surface area contributed by atoms with Gasteiger partial charge >= 0.3 is 0 Å². The van der Waals surface area contributed by atoms with Crippen LogP contribution in [-0.4, -0.2) is 15.8 Å². The summed E-state index contributed by atoms with van der Waals surface area (Å²) in [6.45, 7) is 0. The molecule has 20 heavy (non-hydrogen) atoms. The van der Waals surface area contributed by atoms with E-state index in [0.29, 0.717) is 5.56 Å². The Hall–Kier alpha value is -2.33. The summed E-state index contributed by atoms with van der Waals surface area (Å²) in [6, 6.07) is 17.1. The van der Waals surface area contributed by atoms with Gasteiger partial charge in [-0.25, -0.2) is 4.98 Å². The van der Waals surface area contributed by atoms with Gasteiger partial charge in [-0.3, -0.25) is 4.79 Å². The number of rotatable bonds is 4. The molecule has 3 rings (SSSR count). The summed E-state index contributed by atoms with van der Waals surface area (Å²) in [5.41, 5.74) is 2.62. The summed E-state index contributed by atoms with van der Waals surface area (Å²) < 4.78 is 0. The van der Waals surface area contributed by atoms with Crippen molar-refractivity contribution >= 4 is 28.6 Å². The van der Waals surface area contributed by atoms with Crippen molar-refractivity contribution in [2.75, 3.05) is 0 Å². The molecular weight excluding hydrogens is 268 g/mol. The third-order valence-corrected chi connectivity index (χ3v) is 3.51. The molecule has 3 nitrogen and oxygen atoms in total. The molecule has 0 spiro atoms. The van der Waals surface area contributed by atoms with Crippen molar-refractivity contribution in [2.45, 2.75) is 5.16 Å². The first-order chi connectivity index (χ1) is 9.83. The highest BCUT2D eigenvalue weighted by atomic mass is 32.2. The Morgan fingerprint density at radius 1 is 1.05 bits per heavy atom. The Balaban J connectivity index is 1.70. The average molecular weight is 280 g/mol. The Morgan fingerprint density at radius 3 is 2.60 bits per heavy atom. The molecule has 0 radical (unpaired) electrons. The van der Waals surface area contributed by atoms with Gasteiger partial charge in [0.2, 0.25) is 0 Å². The molecule has 0 saturated heterocycles. The fourth-order valence-corrected chi connectivity index (χ4v) is 2.48. The lowest BCUT2D eigenvalue weighted by atomic mass is 10.1. The third-order valence-electron chi connectivity index (χ3n) is 2.83. The number of hydrogen-bond acceptors (Lipinski definition) is 3. The Labute approximate surface area is 120 Å². The van der Waals surface area contributed by atoms with Crippen LogP contribution in [0.2, 0.25) is 0 Å². The maximum Gasteiger partial charge on any atom is 0.186 e. The Morgan fingerprint density at radius 2 is 1.80 bits per heavy atom. The SMILES string of the molecule is O=C(C=CSc1nc2ccccc2[nH]1)c1ccccc1.